The van der Waals surface area contributed by atoms with E-state index in [1.807, 2.05) is 6.07 Å². The summed E-state index contributed by atoms with van der Waals surface area (Å²) in [5, 5.41) is 17.7. The molecule has 5 rings (SSSR count). The van der Waals surface area contributed by atoms with Gasteiger partial charge in [-0.1, -0.05) is 111 Å². The molecule has 238 valence electrons. The predicted molar refractivity (Wildman–Crippen MR) is 184 cm³/mol. The largest absolute Gasteiger partial charge is 0.454 e. The fourth-order valence-electron chi connectivity index (χ4n) is 6.24. The number of hydrogen-bond acceptors (Lipinski definition) is 5. The van der Waals surface area contributed by atoms with Gasteiger partial charge in [0.2, 0.25) is 0 Å². The van der Waals surface area contributed by atoms with Gasteiger partial charge in [-0.15, -0.1) is 0 Å². The maximum Gasteiger partial charge on any atom is 0.338 e. The summed E-state index contributed by atoms with van der Waals surface area (Å²) in [6.07, 6.45) is 12.2. The SMILES string of the molecule is O=C(OC(CO)COCCCCCCCCCCOCCCCc1ccc2ccc3cccc4ccc1c2c34)c1ccccc1. The van der Waals surface area contributed by atoms with Crippen LogP contribution in [-0.4, -0.2) is 50.2 Å². The highest BCUT2D eigenvalue weighted by molar-refractivity contribution is 6.23. The Morgan fingerprint density at radius 1 is 0.578 bits per heavy atom. The molecule has 0 aliphatic carbocycles. The van der Waals surface area contributed by atoms with E-state index < -0.39 is 12.1 Å². The summed E-state index contributed by atoms with van der Waals surface area (Å²) < 4.78 is 16.9. The van der Waals surface area contributed by atoms with Crippen LogP contribution in [0.2, 0.25) is 0 Å². The van der Waals surface area contributed by atoms with Gasteiger partial charge >= 0.3 is 5.97 Å². The highest BCUT2D eigenvalue weighted by Gasteiger charge is 2.15. The first-order chi connectivity index (χ1) is 22.2. The van der Waals surface area contributed by atoms with E-state index in [0.29, 0.717) is 12.2 Å². The van der Waals surface area contributed by atoms with Crippen LogP contribution in [0.1, 0.15) is 80.1 Å². The second-order valence-electron chi connectivity index (χ2n) is 12.1. The van der Waals surface area contributed by atoms with E-state index in [9.17, 15) is 9.90 Å². The lowest BCUT2D eigenvalue weighted by Gasteiger charge is -2.15. The normalized spacial score (nSPS) is 12.4. The van der Waals surface area contributed by atoms with E-state index in [1.54, 1.807) is 24.3 Å². The molecule has 0 fully saturated rings. The number of benzene rings is 5. The van der Waals surface area contributed by atoms with Gasteiger partial charge in [-0.2, -0.15) is 0 Å². The molecule has 0 heterocycles. The van der Waals surface area contributed by atoms with Crippen molar-refractivity contribution in [1.29, 1.82) is 0 Å². The van der Waals surface area contributed by atoms with Gasteiger partial charge in [0.15, 0.2) is 0 Å². The fraction of sp³-hybridized carbons (Fsp3) is 0.425. The molecule has 0 saturated carbocycles. The molecule has 1 N–H and O–H groups in total. The Kier molecular flexibility index (Phi) is 13.0. The maximum absolute atomic E-state index is 12.1. The molecule has 1 unspecified atom stereocenters. The third-order valence-electron chi connectivity index (χ3n) is 8.72. The number of rotatable bonds is 21. The zero-order chi connectivity index (χ0) is 31.1. The van der Waals surface area contributed by atoms with Gasteiger partial charge in [0, 0.05) is 19.8 Å². The minimum Gasteiger partial charge on any atom is -0.454 e. The third-order valence-corrected chi connectivity index (χ3v) is 8.72. The molecule has 0 aliphatic heterocycles. The van der Waals surface area contributed by atoms with E-state index in [4.69, 9.17) is 14.2 Å². The second kappa shape index (κ2) is 17.8. The molecule has 0 aliphatic rings. The lowest BCUT2D eigenvalue weighted by molar-refractivity contribution is -0.0243. The van der Waals surface area contributed by atoms with Crippen LogP contribution in [0, 0.1) is 0 Å². The fourth-order valence-corrected chi connectivity index (χ4v) is 6.24. The predicted octanol–water partition coefficient (Wildman–Crippen LogP) is 9.28. The Morgan fingerprint density at radius 2 is 1.16 bits per heavy atom. The van der Waals surface area contributed by atoms with Gasteiger partial charge in [0.05, 0.1) is 18.8 Å². The zero-order valence-electron chi connectivity index (χ0n) is 26.6. The van der Waals surface area contributed by atoms with E-state index in [0.717, 1.165) is 51.7 Å². The van der Waals surface area contributed by atoms with Gasteiger partial charge in [-0.05, 0) is 82.1 Å². The molecule has 0 spiro atoms. The van der Waals surface area contributed by atoms with E-state index in [-0.39, 0.29) is 13.2 Å². The lowest BCUT2D eigenvalue weighted by Crippen LogP contribution is -2.27. The number of unbranched alkanes of at least 4 members (excludes halogenated alkanes) is 8. The quantitative estimate of drug-likeness (QED) is 0.0511. The molecular formula is C40H48O5. The Morgan fingerprint density at radius 3 is 1.84 bits per heavy atom. The number of aliphatic hydroxyl groups excluding tert-OH is 1. The van der Waals surface area contributed by atoms with Gasteiger partial charge < -0.3 is 19.3 Å². The van der Waals surface area contributed by atoms with E-state index in [1.165, 1.54) is 70.0 Å². The number of esters is 1. The minimum atomic E-state index is -0.632. The molecule has 45 heavy (non-hydrogen) atoms. The van der Waals surface area contributed by atoms with Crippen LogP contribution < -0.4 is 0 Å². The Balaban J connectivity index is 0.838. The van der Waals surface area contributed by atoms with Gasteiger partial charge in [0.25, 0.3) is 0 Å². The highest BCUT2D eigenvalue weighted by atomic mass is 16.6. The molecule has 0 amide bonds. The molecular weight excluding hydrogens is 560 g/mol. The zero-order valence-corrected chi connectivity index (χ0v) is 26.6. The summed E-state index contributed by atoms with van der Waals surface area (Å²) >= 11 is 0. The van der Waals surface area contributed by atoms with Crippen molar-refractivity contribution in [1.82, 2.24) is 0 Å². The van der Waals surface area contributed by atoms with Crippen molar-refractivity contribution in [3.05, 3.63) is 96.1 Å². The molecule has 5 aromatic rings. The van der Waals surface area contributed by atoms with Crippen molar-refractivity contribution >= 4 is 38.3 Å². The number of hydrogen-bond donors (Lipinski definition) is 1. The van der Waals surface area contributed by atoms with Crippen LogP contribution in [0.15, 0.2) is 84.9 Å². The summed E-state index contributed by atoms with van der Waals surface area (Å²) in [6.45, 7) is 2.31. The van der Waals surface area contributed by atoms with Crippen LogP contribution in [0.3, 0.4) is 0 Å². The molecule has 0 saturated heterocycles. The van der Waals surface area contributed by atoms with Gasteiger partial charge in [0.1, 0.15) is 6.10 Å². The van der Waals surface area contributed by atoms with E-state index >= 15 is 0 Å². The summed E-state index contributed by atoms with van der Waals surface area (Å²) in [4.78, 5) is 12.1. The van der Waals surface area contributed by atoms with Crippen molar-refractivity contribution in [2.45, 2.75) is 76.7 Å². The number of aryl methyl sites for hydroxylation is 1. The number of carbonyl (C=O) groups excluding carboxylic acids is 1. The van der Waals surface area contributed by atoms with Crippen LogP contribution >= 0.6 is 0 Å². The molecule has 0 aromatic heterocycles. The Bertz CT molecular complexity index is 1560. The van der Waals surface area contributed by atoms with Crippen molar-refractivity contribution < 1.29 is 24.1 Å². The maximum atomic E-state index is 12.1. The Hall–Kier alpha value is -3.51. The molecule has 5 heteroatoms. The molecule has 1 atom stereocenters. The monoisotopic (exact) mass is 608 g/mol. The van der Waals surface area contributed by atoms with Crippen LogP contribution in [0.4, 0.5) is 0 Å². The average molecular weight is 609 g/mol. The molecule has 5 nitrogen and oxygen atoms in total. The summed E-state index contributed by atoms with van der Waals surface area (Å²) in [7, 11) is 0. The van der Waals surface area contributed by atoms with Crippen LogP contribution in [0.25, 0.3) is 32.3 Å². The van der Waals surface area contributed by atoms with Gasteiger partial charge in [-0.25, -0.2) is 4.79 Å². The Labute approximate surface area is 267 Å². The molecule has 0 bridgehead atoms. The van der Waals surface area contributed by atoms with Crippen molar-refractivity contribution in [3.63, 3.8) is 0 Å². The number of ether oxygens (including phenoxy) is 3. The van der Waals surface area contributed by atoms with Crippen LogP contribution in [0.5, 0.6) is 0 Å². The first kappa shape index (κ1) is 32.9. The molecule has 0 radical (unpaired) electrons. The first-order valence-electron chi connectivity index (χ1n) is 16.9. The summed E-state index contributed by atoms with van der Waals surface area (Å²) in [6, 6.07) is 29.1. The highest BCUT2D eigenvalue weighted by Crippen LogP contribution is 2.36. The molecule has 5 aromatic carbocycles. The van der Waals surface area contributed by atoms with Crippen LogP contribution in [-0.2, 0) is 20.6 Å². The average Bonchev–Trinajstić information content (AvgIpc) is 3.08. The standard InChI is InChI=1S/C40H48O5/c41-29-36(45-40(42)35-16-8-7-9-17-35)30-44-28-12-6-4-2-1-3-5-11-26-43-27-13-10-15-31-20-21-34-23-22-32-18-14-19-33-24-25-37(31)39(34)38(32)33/h7-9,14,16-25,36,41H,1-6,10-13,15,26-30H2. The summed E-state index contributed by atoms with van der Waals surface area (Å²) in [5.74, 6) is -0.434. The second-order valence-corrected chi connectivity index (χ2v) is 12.1. The van der Waals surface area contributed by atoms with Crippen molar-refractivity contribution in [2.24, 2.45) is 0 Å². The number of aliphatic hydroxyl groups is 1. The van der Waals surface area contributed by atoms with Crippen molar-refractivity contribution in [3.8, 4) is 0 Å². The first-order valence-corrected chi connectivity index (χ1v) is 16.9. The summed E-state index contributed by atoms with van der Waals surface area (Å²) in [5.41, 5.74) is 1.93. The third kappa shape index (κ3) is 9.49. The topological polar surface area (TPSA) is 65.0 Å². The lowest BCUT2D eigenvalue weighted by atomic mass is 9.91. The minimum absolute atomic E-state index is 0.221. The van der Waals surface area contributed by atoms with Gasteiger partial charge in [-0.3, -0.25) is 0 Å². The van der Waals surface area contributed by atoms with Crippen molar-refractivity contribution in [2.75, 3.05) is 33.0 Å². The smallest absolute Gasteiger partial charge is 0.338 e. The van der Waals surface area contributed by atoms with E-state index in [2.05, 4.69) is 54.6 Å². The number of carbonyl (C=O) groups is 1.